The van der Waals surface area contributed by atoms with Crippen molar-refractivity contribution in [2.45, 2.75) is 12.8 Å². The maximum absolute atomic E-state index is 12.5. The molecule has 1 aromatic heterocycles. The fourth-order valence-electron chi connectivity index (χ4n) is 3.25. The lowest BCUT2D eigenvalue weighted by Gasteiger charge is -2.08. The van der Waals surface area contributed by atoms with Crippen LogP contribution in [0.5, 0.6) is 0 Å². The Balaban J connectivity index is 1.48. The molecule has 0 unspecified atom stereocenters. The van der Waals surface area contributed by atoms with E-state index in [2.05, 4.69) is 34.6 Å². The fraction of sp³-hybridized carbons (Fsp3) is 0.0833. The first-order chi connectivity index (χ1) is 13.3. The normalized spacial score (nSPS) is 10.7. The number of nitrogens with one attached hydrogen (secondary N) is 1. The van der Waals surface area contributed by atoms with E-state index in [0.717, 1.165) is 29.5 Å². The third kappa shape index (κ3) is 4.04. The summed E-state index contributed by atoms with van der Waals surface area (Å²) in [5.74, 6) is -0.0881. The molecule has 3 nitrogen and oxygen atoms in total. The van der Waals surface area contributed by atoms with Crippen LogP contribution in [0.3, 0.4) is 0 Å². The van der Waals surface area contributed by atoms with Crippen molar-refractivity contribution in [3.63, 3.8) is 0 Å². The van der Waals surface area contributed by atoms with E-state index >= 15 is 0 Å². The molecule has 0 bridgehead atoms. The smallest absolute Gasteiger partial charge is 0.255 e. The molecule has 27 heavy (non-hydrogen) atoms. The predicted molar refractivity (Wildman–Crippen MR) is 110 cm³/mol. The number of hydrogen-bond acceptors (Lipinski definition) is 2. The van der Waals surface area contributed by atoms with E-state index in [-0.39, 0.29) is 5.91 Å². The number of amides is 1. The average molecular weight is 352 g/mol. The molecule has 0 saturated carbocycles. The summed E-state index contributed by atoms with van der Waals surface area (Å²) >= 11 is 0. The third-order valence-electron chi connectivity index (χ3n) is 4.65. The van der Waals surface area contributed by atoms with Crippen LogP contribution >= 0.6 is 0 Å². The topological polar surface area (TPSA) is 42.0 Å². The van der Waals surface area contributed by atoms with Crippen LogP contribution in [0, 0.1) is 0 Å². The van der Waals surface area contributed by atoms with E-state index in [1.54, 1.807) is 0 Å². The summed E-state index contributed by atoms with van der Waals surface area (Å²) in [6, 6.07) is 25.6. The van der Waals surface area contributed by atoms with Crippen molar-refractivity contribution in [2.24, 2.45) is 0 Å². The number of fused-ring (bicyclic) bond motifs is 1. The number of carbonyl (C=O) groups is 1. The number of para-hydroxylation sites is 1. The molecule has 132 valence electrons. The molecule has 0 fully saturated rings. The Hall–Kier alpha value is -3.46. The lowest BCUT2D eigenvalue weighted by Crippen LogP contribution is -2.12. The molecule has 4 rings (SSSR count). The van der Waals surface area contributed by atoms with E-state index in [0.29, 0.717) is 5.56 Å². The van der Waals surface area contributed by atoms with Crippen LogP contribution in [-0.4, -0.2) is 10.9 Å². The Labute approximate surface area is 158 Å². The molecule has 0 aliphatic carbocycles. The number of aromatic nitrogens is 1. The van der Waals surface area contributed by atoms with Crippen molar-refractivity contribution < 1.29 is 4.79 Å². The molecule has 0 radical (unpaired) electrons. The Morgan fingerprint density at radius 1 is 0.815 bits per heavy atom. The molecule has 0 aliphatic heterocycles. The molecule has 1 N–H and O–H groups in total. The van der Waals surface area contributed by atoms with Crippen molar-refractivity contribution in [3.05, 3.63) is 108 Å². The summed E-state index contributed by atoms with van der Waals surface area (Å²) in [6.07, 6.45) is 5.59. The Bertz CT molecular complexity index is 1070. The standard InChI is InChI=1S/C24H20N2O/c27-24(26-22-10-2-1-3-11-22)19-9-6-7-18(15-19)13-14-21-17-25-16-20-8-4-5-12-23(20)21/h1-12,15-17H,13-14H2,(H,26,27). The van der Waals surface area contributed by atoms with Crippen LogP contribution in [0.25, 0.3) is 10.8 Å². The van der Waals surface area contributed by atoms with Crippen molar-refractivity contribution in [1.29, 1.82) is 0 Å². The molecular formula is C24H20N2O. The van der Waals surface area contributed by atoms with Gasteiger partial charge in [0, 0.05) is 29.0 Å². The molecular weight excluding hydrogens is 332 g/mol. The number of aryl methyl sites for hydroxylation is 2. The summed E-state index contributed by atoms with van der Waals surface area (Å²) in [6.45, 7) is 0. The molecule has 0 atom stereocenters. The molecule has 0 saturated heterocycles. The van der Waals surface area contributed by atoms with Gasteiger partial charge in [-0.3, -0.25) is 9.78 Å². The number of pyridine rings is 1. The highest BCUT2D eigenvalue weighted by atomic mass is 16.1. The van der Waals surface area contributed by atoms with Crippen molar-refractivity contribution in [1.82, 2.24) is 4.98 Å². The van der Waals surface area contributed by atoms with E-state index in [9.17, 15) is 4.79 Å². The van der Waals surface area contributed by atoms with E-state index in [1.165, 1.54) is 10.9 Å². The van der Waals surface area contributed by atoms with E-state index in [4.69, 9.17) is 0 Å². The van der Waals surface area contributed by atoms with Gasteiger partial charge in [-0.2, -0.15) is 0 Å². The van der Waals surface area contributed by atoms with Crippen LogP contribution in [-0.2, 0) is 12.8 Å². The van der Waals surface area contributed by atoms with E-state index < -0.39 is 0 Å². The Kier molecular flexibility index (Phi) is 4.93. The SMILES string of the molecule is O=C(Nc1ccccc1)c1cccc(CCc2cncc3ccccc23)c1. The van der Waals surface area contributed by atoms with Crippen LogP contribution < -0.4 is 5.32 Å². The zero-order valence-electron chi connectivity index (χ0n) is 14.9. The number of rotatable bonds is 5. The number of nitrogens with zero attached hydrogens (tertiary/aromatic N) is 1. The van der Waals surface area contributed by atoms with Crippen LogP contribution in [0.4, 0.5) is 5.69 Å². The average Bonchev–Trinajstić information content (AvgIpc) is 2.73. The zero-order valence-corrected chi connectivity index (χ0v) is 14.9. The molecule has 1 amide bonds. The number of hydrogen-bond donors (Lipinski definition) is 1. The molecule has 0 spiro atoms. The van der Waals surface area contributed by atoms with Crippen molar-refractivity contribution in [3.8, 4) is 0 Å². The van der Waals surface area contributed by atoms with Crippen LogP contribution in [0.1, 0.15) is 21.5 Å². The van der Waals surface area contributed by atoms with Gasteiger partial charge in [-0.05, 0) is 53.6 Å². The van der Waals surface area contributed by atoms with Gasteiger partial charge in [0.15, 0.2) is 0 Å². The first-order valence-electron chi connectivity index (χ1n) is 9.06. The largest absolute Gasteiger partial charge is 0.322 e. The summed E-state index contributed by atoms with van der Waals surface area (Å²) in [4.78, 5) is 16.8. The zero-order chi connectivity index (χ0) is 18.5. The quantitative estimate of drug-likeness (QED) is 0.531. The highest BCUT2D eigenvalue weighted by Gasteiger charge is 2.08. The lowest BCUT2D eigenvalue weighted by atomic mass is 10.00. The lowest BCUT2D eigenvalue weighted by molar-refractivity contribution is 0.102. The Morgan fingerprint density at radius 2 is 1.63 bits per heavy atom. The number of benzene rings is 3. The maximum atomic E-state index is 12.5. The second-order valence-corrected chi connectivity index (χ2v) is 6.54. The molecule has 3 aromatic carbocycles. The first-order valence-corrected chi connectivity index (χ1v) is 9.06. The van der Waals surface area contributed by atoms with Crippen molar-refractivity contribution >= 4 is 22.4 Å². The molecule has 1 heterocycles. The minimum absolute atomic E-state index is 0.0881. The minimum atomic E-state index is -0.0881. The van der Waals surface area contributed by atoms with E-state index in [1.807, 2.05) is 67.0 Å². The first kappa shape index (κ1) is 17.0. The summed E-state index contributed by atoms with van der Waals surface area (Å²) in [7, 11) is 0. The number of anilines is 1. The van der Waals surface area contributed by atoms with Gasteiger partial charge in [-0.15, -0.1) is 0 Å². The van der Waals surface area contributed by atoms with Gasteiger partial charge in [0.05, 0.1) is 0 Å². The van der Waals surface area contributed by atoms with Crippen molar-refractivity contribution in [2.75, 3.05) is 5.32 Å². The summed E-state index contributed by atoms with van der Waals surface area (Å²) in [5.41, 5.74) is 3.85. The minimum Gasteiger partial charge on any atom is -0.322 e. The van der Waals surface area contributed by atoms with Gasteiger partial charge in [-0.1, -0.05) is 54.6 Å². The monoisotopic (exact) mass is 352 g/mol. The van der Waals surface area contributed by atoms with Gasteiger partial charge in [0.25, 0.3) is 5.91 Å². The van der Waals surface area contributed by atoms with Gasteiger partial charge < -0.3 is 5.32 Å². The highest BCUT2D eigenvalue weighted by molar-refractivity contribution is 6.04. The second-order valence-electron chi connectivity index (χ2n) is 6.54. The van der Waals surface area contributed by atoms with Gasteiger partial charge >= 0.3 is 0 Å². The molecule has 0 aliphatic rings. The second kappa shape index (κ2) is 7.83. The van der Waals surface area contributed by atoms with Crippen LogP contribution in [0.15, 0.2) is 91.3 Å². The van der Waals surface area contributed by atoms with Gasteiger partial charge in [0.1, 0.15) is 0 Å². The van der Waals surface area contributed by atoms with Gasteiger partial charge in [-0.25, -0.2) is 0 Å². The Morgan fingerprint density at radius 3 is 2.52 bits per heavy atom. The fourth-order valence-corrected chi connectivity index (χ4v) is 3.25. The summed E-state index contributed by atoms with van der Waals surface area (Å²) < 4.78 is 0. The molecule has 4 aromatic rings. The maximum Gasteiger partial charge on any atom is 0.255 e. The van der Waals surface area contributed by atoms with Gasteiger partial charge in [0.2, 0.25) is 0 Å². The number of carbonyl (C=O) groups excluding carboxylic acids is 1. The predicted octanol–water partition coefficient (Wildman–Crippen LogP) is 5.27. The summed E-state index contributed by atoms with van der Waals surface area (Å²) in [5, 5.41) is 5.33. The molecule has 3 heteroatoms. The third-order valence-corrected chi connectivity index (χ3v) is 4.65. The highest BCUT2D eigenvalue weighted by Crippen LogP contribution is 2.19. The van der Waals surface area contributed by atoms with Crippen LogP contribution in [0.2, 0.25) is 0 Å².